The van der Waals surface area contributed by atoms with Crippen LogP contribution in [0.4, 0.5) is 0 Å². The predicted octanol–water partition coefficient (Wildman–Crippen LogP) is 4.61. The van der Waals surface area contributed by atoms with E-state index in [-0.39, 0.29) is 11.9 Å². The first-order valence-electron chi connectivity index (χ1n) is 8.69. The van der Waals surface area contributed by atoms with Gasteiger partial charge in [-0.1, -0.05) is 23.7 Å². The minimum Gasteiger partial charge on any atom is -0.487 e. The van der Waals surface area contributed by atoms with Crippen molar-refractivity contribution in [3.8, 4) is 5.75 Å². The Morgan fingerprint density at radius 2 is 2.11 bits per heavy atom. The SMILES string of the molecule is Cc1cc(C)n(CC(C)NC(=O)c2cc(COc3ccccc3Cl)cs2)n1. The van der Waals surface area contributed by atoms with Crippen LogP contribution in [0.25, 0.3) is 0 Å². The van der Waals surface area contributed by atoms with Gasteiger partial charge in [0.05, 0.1) is 22.1 Å². The molecular formula is C20H22ClN3O2S. The highest BCUT2D eigenvalue weighted by molar-refractivity contribution is 7.12. The van der Waals surface area contributed by atoms with Crippen molar-refractivity contribution in [3.05, 3.63) is 68.6 Å². The second-order valence-electron chi connectivity index (χ2n) is 6.52. The number of hydrogen-bond donors (Lipinski definition) is 1. The van der Waals surface area contributed by atoms with E-state index in [0.29, 0.717) is 28.8 Å². The van der Waals surface area contributed by atoms with Gasteiger partial charge < -0.3 is 10.1 Å². The summed E-state index contributed by atoms with van der Waals surface area (Å²) >= 11 is 7.49. The summed E-state index contributed by atoms with van der Waals surface area (Å²) in [7, 11) is 0. The molecule has 0 aliphatic rings. The van der Waals surface area contributed by atoms with Gasteiger partial charge in [-0.2, -0.15) is 5.10 Å². The second-order valence-corrected chi connectivity index (χ2v) is 7.84. The van der Waals surface area contributed by atoms with Crippen molar-refractivity contribution in [1.82, 2.24) is 15.1 Å². The molecule has 2 heterocycles. The van der Waals surface area contributed by atoms with Gasteiger partial charge in [0.25, 0.3) is 5.91 Å². The van der Waals surface area contributed by atoms with Gasteiger partial charge >= 0.3 is 0 Å². The molecule has 27 heavy (non-hydrogen) atoms. The van der Waals surface area contributed by atoms with E-state index in [0.717, 1.165) is 17.0 Å². The van der Waals surface area contributed by atoms with Gasteiger partial charge in [-0.3, -0.25) is 9.48 Å². The van der Waals surface area contributed by atoms with Crippen molar-refractivity contribution in [1.29, 1.82) is 0 Å². The molecule has 1 aromatic carbocycles. The number of carbonyl (C=O) groups excluding carboxylic acids is 1. The molecule has 0 radical (unpaired) electrons. The van der Waals surface area contributed by atoms with Crippen LogP contribution in [0.3, 0.4) is 0 Å². The van der Waals surface area contributed by atoms with Crippen molar-refractivity contribution >= 4 is 28.8 Å². The smallest absolute Gasteiger partial charge is 0.261 e. The molecule has 3 aromatic rings. The lowest BCUT2D eigenvalue weighted by atomic mass is 10.3. The third-order valence-electron chi connectivity index (χ3n) is 4.04. The molecule has 0 spiro atoms. The summed E-state index contributed by atoms with van der Waals surface area (Å²) in [5.74, 6) is 0.549. The number of aryl methyl sites for hydroxylation is 2. The number of rotatable bonds is 7. The minimum atomic E-state index is -0.0852. The molecule has 142 valence electrons. The Hall–Kier alpha value is -2.31. The Balaban J connectivity index is 1.55. The van der Waals surface area contributed by atoms with Gasteiger partial charge in [0.15, 0.2) is 0 Å². The second kappa shape index (κ2) is 8.59. The zero-order chi connectivity index (χ0) is 19.4. The predicted molar refractivity (Wildman–Crippen MR) is 109 cm³/mol. The van der Waals surface area contributed by atoms with Crippen molar-refractivity contribution in [2.24, 2.45) is 0 Å². The van der Waals surface area contributed by atoms with Gasteiger partial charge in [-0.15, -0.1) is 11.3 Å². The lowest BCUT2D eigenvalue weighted by molar-refractivity contribution is 0.0940. The van der Waals surface area contributed by atoms with Gasteiger partial charge in [-0.05, 0) is 50.4 Å². The van der Waals surface area contributed by atoms with Crippen LogP contribution in [0, 0.1) is 13.8 Å². The van der Waals surface area contributed by atoms with Crippen molar-refractivity contribution in [2.75, 3.05) is 0 Å². The minimum absolute atomic E-state index is 0.0274. The van der Waals surface area contributed by atoms with E-state index in [4.69, 9.17) is 16.3 Å². The van der Waals surface area contributed by atoms with Crippen LogP contribution >= 0.6 is 22.9 Å². The van der Waals surface area contributed by atoms with Crippen LogP contribution in [0.1, 0.15) is 33.5 Å². The summed E-state index contributed by atoms with van der Waals surface area (Å²) in [5, 5.41) is 9.96. The van der Waals surface area contributed by atoms with Crippen molar-refractivity contribution in [2.45, 2.75) is 40.0 Å². The maximum Gasteiger partial charge on any atom is 0.261 e. The average Bonchev–Trinajstić information content (AvgIpc) is 3.21. The molecule has 0 aliphatic carbocycles. The zero-order valence-corrected chi connectivity index (χ0v) is 17.1. The molecule has 0 saturated heterocycles. The van der Waals surface area contributed by atoms with Crippen LogP contribution in [-0.4, -0.2) is 21.7 Å². The summed E-state index contributed by atoms with van der Waals surface area (Å²) in [4.78, 5) is 13.1. The summed E-state index contributed by atoms with van der Waals surface area (Å²) in [6, 6.07) is 11.2. The first-order valence-corrected chi connectivity index (χ1v) is 9.95. The summed E-state index contributed by atoms with van der Waals surface area (Å²) in [6.45, 7) is 6.96. The highest BCUT2D eigenvalue weighted by atomic mass is 35.5. The van der Waals surface area contributed by atoms with Crippen LogP contribution < -0.4 is 10.1 Å². The Morgan fingerprint density at radius 3 is 2.81 bits per heavy atom. The van der Waals surface area contributed by atoms with Crippen LogP contribution in [-0.2, 0) is 13.2 Å². The third kappa shape index (κ3) is 5.11. The summed E-state index contributed by atoms with van der Waals surface area (Å²) in [6.07, 6.45) is 0. The number of benzene rings is 1. The molecule has 7 heteroatoms. The Bertz CT molecular complexity index is 935. The summed E-state index contributed by atoms with van der Waals surface area (Å²) < 4.78 is 7.64. The maximum atomic E-state index is 12.5. The molecule has 0 bridgehead atoms. The number of nitrogens with zero attached hydrogens (tertiary/aromatic N) is 2. The number of aromatic nitrogens is 2. The zero-order valence-electron chi connectivity index (χ0n) is 15.5. The molecule has 1 atom stereocenters. The monoisotopic (exact) mass is 403 g/mol. The first kappa shape index (κ1) is 19.5. The van der Waals surface area contributed by atoms with Gasteiger partial charge in [-0.25, -0.2) is 0 Å². The quantitative estimate of drug-likeness (QED) is 0.626. The molecule has 0 aliphatic heterocycles. The normalized spacial score (nSPS) is 12.0. The number of thiophene rings is 1. The largest absolute Gasteiger partial charge is 0.487 e. The first-order chi connectivity index (χ1) is 12.9. The molecule has 1 amide bonds. The number of para-hydroxylation sites is 1. The fraction of sp³-hybridized carbons (Fsp3) is 0.300. The Kier molecular flexibility index (Phi) is 6.19. The maximum absolute atomic E-state index is 12.5. The van der Waals surface area contributed by atoms with E-state index < -0.39 is 0 Å². The number of hydrogen-bond acceptors (Lipinski definition) is 4. The third-order valence-corrected chi connectivity index (χ3v) is 5.33. The van der Waals surface area contributed by atoms with Gasteiger partial charge in [0.2, 0.25) is 0 Å². The number of halogens is 1. The number of ether oxygens (including phenoxy) is 1. The topological polar surface area (TPSA) is 56.2 Å². The molecule has 2 aromatic heterocycles. The Labute approximate surface area is 167 Å². The number of amides is 1. The van der Waals surface area contributed by atoms with Crippen LogP contribution in [0.2, 0.25) is 5.02 Å². The standard InChI is InChI=1S/C20H22ClN3O2S/c1-13-8-15(3)24(23-13)10-14(2)22-20(25)19-9-16(12-27-19)11-26-18-7-5-4-6-17(18)21/h4-9,12,14H,10-11H2,1-3H3,(H,22,25). The highest BCUT2D eigenvalue weighted by Crippen LogP contribution is 2.25. The number of carbonyl (C=O) groups is 1. The van der Waals surface area contributed by atoms with Gasteiger partial charge in [0, 0.05) is 17.3 Å². The van der Waals surface area contributed by atoms with E-state index in [9.17, 15) is 4.79 Å². The fourth-order valence-electron chi connectivity index (χ4n) is 2.75. The highest BCUT2D eigenvalue weighted by Gasteiger charge is 2.14. The molecule has 0 fully saturated rings. The number of nitrogens with one attached hydrogen (secondary N) is 1. The van der Waals surface area contributed by atoms with E-state index in [1.807, 2.05) is 61.2 Å². The van der Waals surface area contributed by atoms with E-state index >= 15 is 0 Å². The summed E-state index contributed by atoms with van der Waals surface area (Å²) in [5.41, 5.74) is 3.01. The van der Waals surface area contributed by atoms with Crippen LogP contribution in [0.15, 0.2) is 41.8 Å². The van der Waals surface area contributed by atoms with E-state index in [2.05, 4.69) is 10.4 Å². The molecule has 5 nitrogen and oxygen atoms in total. The average molecular weight is 404 g/mol. The fourth-order valence-corrected chi connectivity index (χ4v) is 3.74. The lowest BCUT2D eigenvalue weighted by Gasteiger charge is -2.14. The lowest BCUT2D eigenvalue weighted by Crippen LogP contribution is -2.35. The molecular weight excluding hydrogens is 382 g/mol. The molecule has 1 unspecified atom stereocenters. The molecule has 3 rings (SSSR count). The molecule has 1 N–H and O–H groups in total. The van der Waals surface area contributed by atoms with Crippen LogP contribution in [0.5, 0.6) is 5.75 Å². The van der Waals surface area contributed by atoms with E-state index in [1.54, 1.807) is 6.07 Å². The van der Waals surface area contributed by atoms with E-state index in [1.165, 1.54) is 11.3 Å². The van der Waals surface area contributed by atoms with Crippen molar-refractivity contribution in [3.63, 3.8) is 0 Å². The van der Waals surface area contributed by atoms with Crippen molar-refractivity contribution < 1.29 is 9.53 Å². The molecule has 0 saturated carbocycles. The van der Waals surface area contributed by atoms with Gasteiger partial charge in [0.1, 0.15) is 12.4 Å². The Morgan fingerprint density at radius 1 is 1.33 bits per heavy atom.